The van der Waals surface area contributed by atoms with Gasteiger partial charge in [0.15, 0.2) is 0 Å². The van der Waals surface area contributed by atoms with Crippen molar-refractivity contribution in [3.63, 3.8) is 0 Å². The van der Waals surface area contributed by atoms with Gasteiger partial charge in [-0.2, -0.15) is 0 Å². The van der Waals surface area contributed by atoms with Crippen molar-refractivity contribution in [1.82, 2.24) is 0 Å². The minimum absolute atomic E-state index is 0.0458. The number of carbonyl (C=O) groups is 1. The van der Waals surface area contributed by atoms with E-state index in [9.17, 15) is 4.79 Å². The lowest BCUT2D eigenvalue weighted by molar-refractivity contribution is -0.140. The molecular formula is C30H50O5. The Labute approximate surface area is 213 Å². The van der Waals surface area contributed by atoms with Crippen LogP contribution in [-0.2, 0) is 14.3 Å². The number of ether oxygens (including phenoxy) is 2. The minimum Gasteiger partial charge on any atom is -0.462 e. The van der Waals surface area contributed by atoms with Crippen molar-refractivity contribution in [2.24, 2.45) is 29.6 Å². The third kappa shape index (κ3) is 11.0. The van der Waals surface area contributed by atoms with Crippen molar-refractivity contribution in [1.29, 1.82) is 0 Å². The average molecular weight is 491 g/mol. The molecule has 0 radical (unpaired) electrons. The van der Waals surface area contributed by atoms with Crippen molar-refractivity contribution in [3.05, 3.63) is 36.5 Å². The first-order valence-corrected chi connectivity index (χ1v) is 13.9. The molecule has 35 heavy (non-hydrogen) atoms. The van der Waals surface area contributed by atoms with Gasteiger partial charge in [-0.3, -0.25) is 0 Å². The molecule has 200 valence electrons. The van der Waals surface area contributed by atoms with Gasteiger partial charge >= 0.3 is 5.97 Å². The van der Waals surface area contributed by atoms with Gasteiger partial charge in [0.05, 0.1) is 32.0 Å². The van der Waals surface area contributed by atoms with Crippen LogP contribution in [-0.4, -0.2) is 49.2 Å². The summed E-state index contributed by atoms with van der Waals surface area (Å²) < 4.78 is 11.1. The number of esters is 1. The summed E-state index contributed by atoms with van der Waals surface area (Å²) in [6.07, 6.45) is 19.6. The predicted octanol–water partition coefficient (Wildman–Crippen LogP) is 6.01. The largest absolute Gasteiger partial charge is 0.462 e. The van der Waals surface area contributed by atoms with Gasteiger partial charge in [0.2, 0.25) is 0 Å². The third-order valence-electron chi connectivity index (χ3n) is 8.38. The van der Waals surface area contributed by atoms with Crippen LogP contribution in [0.15, 0.2) is 36.5 Å². The Morgan fingerprint density at radius 1 is 0.943 bits per heavy atom. The molecular weight excluding hydrogens is 440 g/mol. The van der Waals surface area contributed by atoms with Crippen LogP contribution in [0.25, 0.3) is 0 Å². The van der Waals surface area contributed by atoms with Crippen LogP contribution in [0.3, 0.4) is 0 Å². The van der Waals surface area contributed by atoms with E-state index >= 15 is 0 Å². The highest BCUT2D eigenvalue weighted by molar-refractivity contribution is 5.87. The first kappa shape index (κ1) is 29.8. The van der Waals surface area contributed by atoms with E-state index in [-0.39, 0.29) is 18.8 Å². The molecule has 0 bridgehead atoms. The molecule has 0 aliphatic heterocycles. The maximum atomic E-state index is 11.9. The number of aliphatic hydroxyl groups is 2. The third-order valence-corrected chi connectivity index (χ3v) is 8.38. The molecule has 0 amide bonds. The van der Waals surface area contributed by atoms with Crippen molar-refractivity contribution in [3.8, 4) is 0 Å². The SMILES string of the molecule is C=C(CO)COCCC(CCOC(=O)C(=C)CO)C1CCC(C2CCC(CC/C=C/C)CC2)CC1. The zero-order valence-corrected chi connectivity index (χ0v) is 22.1. The summed E-state index contributed by atoms with van der Waals surface area (Å²) in [5, 5.41) is 18.2. The average Bonchev–Trinajstić information content (AvgIpc) is 2.89. The number of aliphatic hydroxyl groups excluding tert-OH is 2. The summed E-state index contributed by atoms with van der Waals surface area (Å²) in [5.74, 6) is 3.27. The molecule has 1 atom stereocenters. The van der Waals surface area contributed by atoms with Crippen molar-refractivity contribution in [2.75, 3.05) is 33.0 Å². The smallest absolute Gasteiger partial charge is 0.335 e. The zero-order chi connectivity index (χ0) is 25.5. The molecule has 1 unspecified atom stereocenters. The fourth-order valence-corrected chi connectivity index (χ4v) is 6.12. The maximum Gasteiger partial charge on any atom is 0.335 e. The summed E-state index contributed by atoms with van der Waals surface area (Å²) >= 11 is 0. The second kappa shape index (κ2) is 17.1. The van der Waals surface area contributed by atoms with E-state index in [2.05, 4.69) is 32.2 Å². The van der Waals surface area contributed by atoms with Crippen molar-refractivity contribution in [2.45, 2.75) is 84.0 Å². The summed E-state index contributed by atoms with van der Waals surface area (Å²) in [5.41, 5.74) is 0.791. The van der Waals surface area contributed by atoms with E-state index in [1.165, 1.54) is 64.2 Å². The summed E-state index contributed by atoms with van der Waals surface area (Å²) in [4.78, 5) is 11.9. The molecule has 0 spiro atoms. The van der Waals surface area contributed by atoms with E-state index in [4.69, 9.17) is 19.7 Å². The highest BCUT2D eigenvalue weighted by Crippen LogP contribution is 2.44. The van der Waals surface area contributed by atoms with E-state index in [0.717, 1.165) is 30.6 Å². The molecule has 2 saturated carbocycles. The summed E-state index contributed by atoms with van der Waals surface area (Å²) in [6, 6.07) is 0. The van der Waals surface area contributed by atoms with Crippen LogP contribution in [0.2, 0.25) is 0 Å². The Bertz CT molecular complexity index is 654. The number of allylic oxidation sites excluding steroid dienone is 2. The first-order valence-electron chi connectivity index (χ1n) is 13.9. The van der Waals surface area contributed by atoms with Crippen LogP contribution in [0.4, 0.5) is 0 Å². The van der Waals surface area contributed by atoms with Gasteiger partial charge < -0.3 is 19.7 Å². The highest BCUT2D eigenvalue weighted by Gasteiger charge is 2.33. The van der Waals surface area contributed by atoms with Gasteiger partial charge in [0, 0.05) is 6.61 Å². The Balaban J connectivity index is 1.79. The van der Waals surface area contributed by atoms with Gasteiger partial charge in [-0.15, -0.1) is 0 Å². The monoisotopic (exact) mass is 490 g/mol. The van der Waals surface area contributed by atoms with Crippen molar-refractivity contribution < 1.29 is 24.5 Å². The second-order valence-corrected chi connectivity index (χ2v) is 10.8. The molecule has 0 aromatic carbocycles. The van der Waals surface area contributed by atoms with Crippen LogP contribution < -0.4 is 0 Å². The molecule has 5 heteroatoms. The molecule has 2 aliphatic carbocycles. The van der Waals surface area contributed by atoms with E-state index in [1.807, 2.05) is 0 Å². The lowest BCUT2D eigenvalue weighted by Gasteiger charge is -2.40. The number of hydrogen-bond donors (Lipinski definition) is 2. The molecule has 2 aliphatic rings. The van der Waals surface area contributed by atoms with E-state index in [1.54, 1.807) is 0 Å². The normalized spacial score (nSPS) is 25.9. The Hall–Kier alpha value is -1.43. The number of hydrogen-bond acceptors (Lipinski definition) is 5. The van der Waals surface area contributed by atoms with Crippen LogP contribution in [0.1, 0.15) is 84.0 Å². The summed E-state index contributed by atoms with van der Waals surface area (Å²) in [7, 11) is 0. The zero-order valence-electron chi connectivity index (χ0n) is 22.1. The predicted molar refractivity (Wildman–Crippen MR) is 142 cm³/mol. The van der Waals surface area contributed by atoms with Gasteiger partial charge in [-0.25, -0.2) is 4.79 Å². The van der Waals surface area contributed by atoms with Crippen LogP contribution in [0, 0.1) is 29.6 Å². The minimum atomic E-state index is -0.508. The Morgan fingerprint density at radius 3 is 2.17 bits per heavy atom. The number of rotatable bonds is 16. The first-order chi connectivity index (χ1) is 17.0. The Kier molecular flexibility index (Phi) is 14.6. The fraction of sp³-hybridized carbons (Fsp3) is 0.767. The van der Waals surface area contributed by atoms with Gasteiger partial charge in [-0.1, -0.05) is 38.2 Å². The lowest BCUT2D eigenvalue weighted by Crippen LogP contribution is -2.29. The molecule has 5 nitrogen and oxygen atoms in total. The standard InChI is InChI=1S/C30H50O5/c1-4-5-6-7-25-8-10-26(11-9-25)27-12-14-28(15-13-27)29(16-18-34-22-23(2)20-31)17-19-35-30(33)24(3)21-32/h4-5,25-29,31-32H,2-3,6-22H2,1H3/b5-4+. The molecule has 0 aromatic rings. The topological polar surface area (TPSA) is 76.0 Å². The van der Waals surface area contributed by atoms with E-state index < -0.39 is 5.97 Å². The van der Waals surface area contributed by atoms with Gasteiger partial charge in [-0.05, 0) is 106 Å². The van der Waals surface area contributed by atoms with Gasteiger partial charge in [0.25, 0.3) is 0 Å². The van der Waals surface area contributed by atoms with Crippen molar-refractivity contribution >= 4 is 5.97 Å². The molecule has 2 N–H and O–H groups in total. The summed E-state index contributed by atoms with van der Waals surface area (Å²) in [6.45, 7) is 10.4. The second-order valence-electron chi connectivity index (χ2n) is 10.8. The highest BCUT2D eigenvalue weighted by atomic mass is 16.5. The molecule has 0 saturated heterocycles. The van der Waals surface area contributed by atoms with Gasteiger partial charge in [0.1, 0.15) is 0 Å². The molecule has 0 aromatic heterocycles. The van der Waals surface area contributed by atoms with Crippen LogP contribution >= 0.6 is 0 Å². The number of carbonyl (C=O) groups excluding carboxylic acids is 1. The fourth-order valence-electron chi connectivity index (χ4n) is 6.12. The molecule has 2 fully saturated rings. The van der Waals surface area contributed by atoms with Crippen LogP contribution in [0.5, 0.6) is 0 Å². The van der Waals surface area contributed by atoms with E-state index in [0.29, 0.717) is 37.2 Å². The molecule has 0 heterocycles. The molecule has 2 rings (SSSR count). The maximum absolute atomic E-state index is 11.9. The Morgan fingerprint density at radius 2 is 1.57 bits per heavy atom. The lowest BCUT2D eigenvalue weighted by atomic mass is 9.66. The quantitative estimate of drug-likeness (QED) is 0.120.